The number of rotatable bonds is 7. The number of hydrogen-bond donors (Lipinski definition) is 1. The Morgan fingerprint density at radius 3 is 3.00 bits per heavy atom. The Bertz CT molecular complexity index is 251. The molecule has 1 rings (SSSR count). The molecule has 0 aliphatic rings. The Morgan fingerprint density at radius 2 is 2.33 bits per heavy atom. The molecule has 0 aromatic carbocycles. The van der Waals surface area contributed by atoms with Crippen molar-refractivity contribution < 1.29 is 4.74 Å². The van der Waals surface area contributed by atoms with E-state index in [1.165, 1.54) is 0 Å². The molecule has 4 heteroatoms. The summed E-state index contributed by atoms with van der Waals surface area (Å²) in [6.07, 6.45) is 4.68. The predicted octanol–water partition coefficient (Wildman–Crippen LogP) is 1.38. The Kier molecular flexibility index (Phi) is 5.88. The van der Waals surface area contributed by atoms with Crippen LogP contribution in [0.2, 0.25) is 0 Å². The van der Waals surface area contributed by atoms with Gasteiger partial charge >= 0.3 is 0 Å². The van der Waals surface area contributed by atoms with E-state index in [4.69, 9.17) is 4.74 Å². The van der Waals surface area contributed by atoms with E-state index in [-0.39, 0.29) is 0 Å². The number of ether oxygens (including phenoxy) is 1. The Morgan fingerprint density at radius 1 is 1.47 bits per heavy atom. The van der Waals surface area contributed by atoms with E-state index in [1.807, 2.05) is 19.9 Å². The van der Waals surface area contributed by atoms with E-state index in [0.29, 0.717) is 6.10 Å². The van der Waals surface area contributed by atoms with Crippen molar-refractivity contribution in [2.24, 2.45) is 0 Å². The Hall–Kier alpha value is -1.00. The zero-order valence-corrected chi connectivity index (χ0v) is 9.44. The highest BCUT2D eigenvalue weighted by atomic mass is 16.5. The van der Waals surface area contributed by atoms with Crippen molar-refractivity contribution >= 4 is 0 Å². The predicted molar refractivity (Wildman–Crippen MR) is 59.4 cm³/mol. The SMILES string of the molecule is CC(C)OCCCNCc1ccncn1. The highest BCUT2D eigenvalue weighted by Gasteiger charge is 1.94. The second kappa shape index (κ2) is 7.31. The van der Waals surface area contributed by atoms with Crippen LogP contribution < -0.4 is 5.32 Å². The molecule has 1 heterocycles. The van der Waals surface area contributed by atoms with Gasteiger partial charge < -0.3 is 10.1 Å². The molecule has 84 valence electrons. The average Bonchev–Trinajstić information content (AvgIpc) is 2.24. The smallest absolute Gasteiger partial charge is 0.115 e. The maximum absolute atomic E-state index is 5.43. The van der Waals surface area contributed by atoms with Crippen molar-refractivity contribution in [1.82, 2.24) is 15.3 Å². The molecule has 0 saturated carbocycles. The van der Waals surface area contributed by atoms with E-state index in [1.54, 1.807) is 12.5 Å². The summed E-state index contributed by atoms with van der Waals surface area (Å²) in [5.74, 6) is 0. The van der Waals surface area contributed by atoms with Crippen LogP contribution in [0.4, 0.5) is 0 Å². The van der Waals surface area contributed by atoms with Crippen LogP contribution in [0.3, 0.4) is 0 Å². The van der Waals surface area contributed by atoms with Gasteiger partial charge in [0, 0.05) is 19.3 Å². The van der Waals surface area contributed by atoms with Crippen molar-refractivity contribution in [1.29, 1.82) is 0 Å². The molecule has 4 nitrogen and oxygen atoms in total. The second-order valence-electron chi connectivity index (χ2n) is 3.65. The van der Waals surface area contributed by atoms with Crippen LogP contribution in [0.5, 0.6) is 0 Å². The normalized spacial score (nSPS) is 10.9. The quantitative estimate of drug-likeness (QED) is 0.689. The Labute approximate surface area is 91.1 Å². The lowest BCUT2D eigenvalue weighted by Crippen LogP contribution is -2.18. The molecule has 0 spiro atoms. The lowest BCUT2D eigenvalue weighted by atomic mass is 10.4. The van der Waals surface area contributed by atoms with Crippen LogP contribution in [-0.4, -0.2) is 29.2 Å². The standard InChI is InChI=1S/C11H19N3O/c1-10(2)15-7-3-5-12-8-11-4-6-13-9-14-11/h4,6,9-10,12H,3,5,7-8H2,1-2H3. The number of aromatic nitrogens is 2. The highest BCUT2D eigenvalue weighted by molar-refractivity contribution is 4.96. The molecule has 15 heavy (non-hydrogen) atoms. The summed E-state index contributed by atoms with van der Waals surface area (Å²) in [6.45, 7) is 6.66. The molecule has 1 aromatic heterocycles. The first kappa shape index (κ1) is 12.1. The zero-order valence-electron chi connectivity index (χ0n) is 9.44. The lowest BCUT2D eigenvalue weighted by molar-refractivity contribution is 0.0770. The molecule has 1 N–H and O–H groups in total. The first-order valence-electron chi connectivity index (χ1n) is 5.36. The van der Waals surface area contributed by atoms with Gasteiger partial charge in [-0.05, 0) is 32.9 Å². The van der Waals surface area contributed by atoms with E-state index in [2.05, 4.69) is 15.3 Å². The molecular weight excluding hydrogens is 190 g/mol. The molecule has 0 fully saturated rings. The summed E-state index contributed by atoms with van der Waals surface area (Å²) in [5.41, 5.74) is 1.02. The second-order valence-corrected chi connectivity index (χ2v) is 3.65. The number of nitrogens with zero attached hydrogens (tertiary/aromatic N) is 2. The summed E-state index contributed by atoms with van der Waals surface area (Å²) < 4.78 is 5.43. The minimum atomic E-state index is 0.326. The van der Waals surface area contributed by atoms with Crippen LogP contribution in [0.1, 0.15) is 26.0 Å². The maximum Gasteiger partial charge on any atom is 0.115 e. The third-order valence-electron chi connectivity index (χ3n) is 1.90. The van der Waals surface area contributed by atoms with Gasteiger partial charge in [-0.3, -0.25) is 0 Å². The lowest BCUT2D eigenvalue weighted by Gasteiger charge is -2.07. The number of hydrogen-bond acceptors (Lipinski definition) is 4. The minimum absolute atomic E-state index is 0.326. The van der Waals surface area contributed by atoms with E-state index in [9.17, 15) is 0 Å². The molecule has 1 aromatic rings. The molecule has 0 unspecified atom stereocenters. The third-order valence-corrected chi connectivity index (χ3v) is 1.90. The number of nitrogens with one attached hydrogen (secondary N) is 1. The van der Waals surface area contributed by atoms with Gasteiger partial charge in [-0.15, -0.1) is 0 Å². The van der Waals surface area contributed by atoms with Crippen molar-refractivity contribution in [2.45, 2.75) is 32.9 Å². The monoisotopic (exact) mass is 209 g/mol. The van der Waals surface area contributed by atoms with Crippen LogP contribution in [0, 0.1) is 0 Å². The van der Waals surface area contributed by atoms with Crippen LogP contribution in [0.15, 0.2) is 18.6 Å². The summed E-state index contributed by atoms with van der Waals surface area (Å²) >= 11 is 0. The first-order valence-corrected chi connectivity index (χ1v) is 5.36. The molecule has 0 aliphatic carbocycles. The van der Waals surface area contributed by atoms with Gasteiger partial charge in [-0.25, -0.2) is 9.97 Å². The van der Waals surface area contributed by atoms with Crippen LogP contribution in [0.25, 0.3) is 0 Å². The van der Waals surface area contributed by atoms with Gasteiger partial charge in [0.25, 0.3) is 0 Å². The van der Waals surface area contributed by atoms with Crippen LogP contribution >= 0.6 is 0 Å². The summed E-state index contributed by atoms with van der Waals surface area (Å²) in [5, 5.41) is 3.31. The highest BCUT2D eigenvalue weighted by Crippen LogP contribution is 1.91. The van der Waals surface area contributed by atoms with Gasteiger partial charge in [0.1, 0.15) is 6.33 Å². The summed E-state index contributed by atoms with van der Waals surface area (Å²) in [4.78, 5) is 7.98. The average molecular weight is 209 g/mol. The topological polar surface area (TPSA) is 47.0 Å². The summed E-state index contributed by atoms with van der Waals surface area (Å²) in [6, 6.07) is 1.91. The molecule has 0 radical (unpaired) electrons. The molecule has 0 aliphatic heterocycles. The fourth-order valence-electron chi connectivity index (χ4n) is 1.16. The fourth-order valence-corrected chi connectivity index (χ4v) is 1.16. The minimum Gasteiger partial charge on any atom is -0.379 e. The maximum atomic E-state index is 5.43. The van der Waals surface area contributed by atoms with Gasteiger partial charge in [0.2, 0.25) is 0 Å². The largest absolute Gasteiger partial charge is 0.379 e. The van der Waals surface area contributed by atoms with Crippen molar-refractivity contribution in [2.75, 3.05) is 13.2 Å². The summed E-state index contributed by atoms with van der Waals surface area (Å²) in [7, 11) is 0. The zero-order chi connectivity index (χ0) is 10.9. The van der Waals surface area contributed by atoms with Crippen molar-refractivity contribution in [3.05, 3.63) is 24.3 Å². The van der Waals surface area contributed by atoms with Gasteiger partial charge in [0.05, 0.1) is 11.8 Å². The van der Waals surface area contributed by atoms with Gasteiger partial charge in [-0.1, -0.05) is 0 Å². The van der Waals surface area contributed by atoms with Crippen molar-refractivity contribution in [3.63, 3.8) is 0 Å². The van der Waals surface area contributed by atoms with Crippen molar-refractivity contribution in [3.8, 4) is 0 Å². The first-order chi connectivity index (χ1) is 7.29. The van der Waals surface area contributed by atoms with E-state index < -0.39 is 0 Å². The molecule has 0 atom stereocenters. The Balaban J connectivity index is 1.98. The van der Waals surface area contributed by atoms with E-state index in [0.717, 1.165) is 31.8 Å². The molecular formula is C11H19N3O. The third kappa shape index (κ3) is 6.14. The fraction of sp³-hybridized carbons (Fsp3) is 0.636. The van der Waals surface area contributed by atoms with E-state index >= 15 is 0 Å². The molecule has 0 bridgehead atoms. The van der Waals surface area contributed by atoms with Crippen LogP contribution in [-0.2, 0) is 11.3 Å². The van der Waals surface area contributed by atoms with Gasteiger partial charge in [0.15, 0.2) is 0 Å². The van der Waals surface area contributed by atoms with Gasteiger partial charge in [-0.2, -0.15) is 0 Å². The molecule has 0 amide bonds. The molecule has 0 saturated heterocycles.